The van der Waals surface area contributed by atoms with Gasteiger partial charge in [0.05, 0.1) is 11.6 Å². The number of benzene rings is 2. The van der Waals surface area contributed by atoms with Gasteiger partial charge in [0.25, 0.3) is 5.91 Å². The summed E-state index contributed by atoms with van der Waals surface area (Å²) >= 11 is 6.12. The highest BCUT2D eigenvalue weighted by atomic mass is 35.5. The van der Waals surface area contributed by atoms with Crippen molar-refractivity contribution in [3.63, 3.8) is 0 Å². The average Bonchev–Trinajstić information content (AvgIpc) is 3.37. The normalized spacial score (nSPS) is 11.0. The highest BCUT2D eigenvalue weighted by Gasteiger charge is 2.14. The molecule has 2 aromatic carbocycles. The summed E-state index contributed by atoms with van der Waals surface area (Å²) in [6.45, 7) is 3.14. The minimum absolute atomic E-state index is 0.215. The van der Waals surface area contributed by atoms with Gasteiger partial charge in [-0.1, -0.05) is 48.0 Å². The smallest absolute Gasteiger partial charge is 0.287 e. The van der Waals surface area contributed by atoms with E-state index in [4.69, 9.17) is 20.8 Å². The number of nitrogens with zero attached hydrogens (tertiary/aromatic N) is 2. The van der Waals surface area contributed by atoms with Crippen LogP contribution >= 0.6 is 11.6 Å². The van der Waals surface area contributed by atoms with Crippen LogP contribution in [0.25, 0.3) is 10.8 Å². The van der Waals surface area contributed by atoms with E-state index in [0.717, 1.165) is 16.5 Å². The van der Waals surface area contributed by atoms with E-state index in [2.05, 4.69) is 10.4 Å². The maximum Gasteiger partial charge on any atom is 0.287 e. The van der Waals surface area contributed by atoms with Gasteiger partial charge in [0.1, 0.15) is 23.8 Å². The predicted molar refractivity (Wildman–Crippen MR) is 111 cm³/mol. The number of amides is 1. The molecule has 4 aromatic rings. The monoisotopic (exact) mass is 409 g/mol. The van der Waals surface area contributed by atoms with E-state index in [1.807, 2.05) is 49.4 Å². The molecule has 1 N–H and O–H groups in total. The van der Waals surface area contributed by atoms with E-state index in [9.17, 15) is 4.79 Å². The van der Waals surface area contributed by atoms with Crippen LogP contribution in [-0.4, -0.2) is 15.7 Å². The topological polar surface area (TPSA) is 69.3 Å². The molecule has 29 heavy (non-hydrogen) atoms. The Morgan fingerprint density at radius 2 is 2.00 bits per heavy atom. The van der Waals surface area contributed by atoms with Crippen molar-refractivity contribution in [1.29, 1.82) is 0 Å². The van der Waals surface area contributed by atoms with Crippen molar-refractivity contribution < 1.29 is 13.9 Å². The van der Waals surface area contributed by atoms with Gasteiger partial charge in [0.2, 0.25) is 0 Å². The van der Waals surface area contributed by atoms with Gasteiger partial charge >= 0.3 is 0 Å². The average molecular weight is 410 g/mol. The number of fused-ring (bicyclic) bond motifs is 1. The summed E-state index contributed by atoms with van der Waals surface area (Å²) in [5.41, 5.74) is 0.618. The molecule has 2 heterocycles. The number of hydrogen-bond donors (Lipinski definition) is 1. The van der Waals surface area contributed by atoms with Crippen LogP contribution in [0.1, 0.15) is 28.9 Å². The van der Waals surface area contributed by atoms with Gasteiger partial charge in [-0.25, -0.2) is 0 Å². The molecule has 6 nitrogen and oxygen atoms in total. The molecule has 0 unspecified atom stereocenters. The van der Waals surface area contributed by atoms with Gasteiger partial charge < -0.3 is 14.5 Å². The lowest BCUT2D eigenvalue weighted by atomic mass is 10.1. The Balaban J connectivity index is 1.37. The van der Waals surface area contributed by atoms with Crippen molar-refractivity contribution in [2.24, 2.45) is 0 Å². The molecule has 2 aromatic heterocycles. The van der Waals surface area contributed by atoms with Crippen LogP contribution in [0.3, 0.4) is 0 Å². The molecule has 0 bridgehead atoms. The highest BCUT2D eigenvalue weighted by molar-refractivity contribution is 6.31. The number of halogens is 1. The highest BCUT2D eigenvalue weighted by Crippen LogP contribution is 2.26. The Morgan fingerprint density at radius 1 is 1.17 bits per heavy atom. The number of furan rings is 1. The molecule has 0 aliphatic rings. The first-order valence-corrected chi connectivity index (χ1v) is 9.71. The third-order valence-corrected chi connectivity index (χ3v) is 4.85. The molecule has 0 aliphatic carbocycles. The van der Waals surface area contributed by atoms with E-state index >= 15 is 0 Å². The molecule has 0 saturated carbocycles. The van der Waals surface area contributed by atoms with Crippen molar-refractivity contribution in [2.45, 2.75) is 26.6 Å². The van der Waals surface area contributed by atoms with Crippen molar-refractivity contribution in [2.75, 3.05) is 0 Å². The van der Waals surface area contributed by atoms with Gasteiger partial charge in [0.15, 0.2) is 5.76 Å². The van der Waals surface area contributed by atoms with Crippen LogP contribution in [0, 0.1) is 0 Å². The number of hydrogen-bond acceptors (Lipinski definition) is 4. The number of aromatic nitrogens is 2. The molecular formula is C22H20ClN3O3. The predicted octanol–water partition coefficient (Wildman–Crippen LogP) is 4.81. The number of carbonyl (C=O) groups excluding carboxylic acids is 1. The molecule has 0 fully saturated rings. The molecule has 4 rings (SSSR count). The Hall–Kier alpha value is -3.25. The summed E-state index contributed by atoms with van der Waals surface area (Å²) in [7, 11) is 0. The number of rotatable bonds is 7. The lowest BCUT2D eigenvalue weighted by molar-refractivity contribution is 0.0918. The van der Waals surface area contributed by atoms with E-state index in [0.29, 0.717) is 23.0 Å². The largest absolute Gasteiger partial charge is 0.485 e. The quantitative estimate of drug-likeness (QED) is 0.475. The van der Waals surface area contributed by atoms with Crippen LogP contribution in [-0.2, 0) is 19.7 Å². The molecule has 0 atom stereocenters. The van der Waals surface area contributed by atoms with Crippen molar-refractivity contribution in [3.8, 4) is 5.75 Å². The van der Waals surface area contributed by atoms with Gasteiger partial charge in [-0.2, -0.15) is 5.10 Å². The van der Waals surface area contributed by atoms with Crippen molar-refractivity contribution >= 4 is 28.3 Å². The molecule has 1 amide bonds. The summed E-state index contributed by atoms with van der Waals surface area (Å²) in [6.07, 6.45) is 1.73. The van der Waals surface area contributed by atoms with Crippen molar-refractivity contribution in [3.05, 3.63) is 83.0 Å². The number of ether oxygens (including phenoxy) is 1. The van der Waals surface area contributed by atoms with Crippen LogP contribution in [0.2, 0.25) is 5.02 Å². The van der Waals surface area contributed by atoms with Gasteiger partial charge in [0, 0.05) is 18.1 Å². The fourth-order valence-electron chi connectivity index (χ4n) is 3.02. The fraction of sp³-hybridized carbons (Fsp3) is 0.182. The number of aryl methyl sites for hydroxylation is 1. The summed E-state index contributed by atoms with van der Waals surface area (Å²) < 4.78 is 13.3. The van der Waals surface area contributed by atoms with Crippen molar-refractivity contribution in [1.82, 2.24) is 15.1 Å². The second-order valence-corrected chi connectivity index (χ2v) is 6.90. The molecule has 0 spiro atoms. The van der Waals surface area contributed by atoms with Gasteiger partial charge in [-0.15, -0.1) is 0 Å². The van der Waals surface area contributed by atoms with Gasteiger partial charge in [-0.05, 0) is 30.5 Å². The Kier molecular flexibility index (Phi) is 5.53. The zero-order valence-electron chi connectivity index (χ0n) is 15.9. The van der Waals surface area contributed by atoms with Crippen LogP contribution in [0.4, 0.5) is 0 Å². The summed E-state index contributed by atoms with van der Waals surface area (Å²) in [5.74, 6) is 1.22. The third-order valence-electron chi connectivity index (χ3n) is 4.53. The Morgan fingerprint density at radius 3 is 2.83 bits per heavy atom. The zero-order valence-corrected chi connectivity index (χ0v) is 16.6. The number of nitrogens with one attached hydrogen (secondary N) is 1. The van der Waals surface area contributed by atoms with Crippen LogP contribution in [0.15, 0.2) is 65.2 Å². The lowest BCUT2D eigenvalue weighted by Crippen LogP contribution is -2.22. The Labute approximate surface area is 173 Å². The van der Waals surface area contributed by atoms with Crippen LogP contribution < -0.4 is 10.1 Å². The molecule has 0 aliphatic heterocycles. The zero-order chi connectivity index (χ0) is 20.2. The third kappa shape index (κ3) is 4.27. The maximum absolute atomic E-state index is 12.3. The summed E-state index contributed by atoms with van der Waals surface area (Å²) in [6, 6.07) is 17.3. The second kappa shape index (κ2) is 8.41. The summed E-state index contributed by atoms with van der Waals surface area (Å²) in [5, 5.41) is 9.74. The summed E-state index contributed by atoms with van der Waals surface area (Å²) in [4.78, 5) is 12.3. The molecule has 0 radical (unpaired) electrons. The standard InChI is InChI=1S/C22H20ClN3O3/c1-2-26-13-18(23)19(25-26)12-24-22(27)21-11-10-16(29-21)14-28-20-9-5-7-15-6-3-4-8-17(15)20/h3-11,13H,2,12,14H2,1H3,(H,24,27). The first-order valence-electron chi connectivity index (χ1n) is 9.33. The minimum Gasteiger partial charge on any atom is -0.485 e. The minimum atomic E-state index is -0.330. The lowest BCUT2D eigenvalue weighted by Gasteiger charge is -2.08. The maximum atomic E-state index is 12.3. The fourth-order valence-corrected chi connectivity index (χ4v) is 3.24. The second-order valence-electron chi connectivity index (χ2n) is 6.49. The number of carbonyl (C=O) groups is 1. The van der Waals surface area contributed by atoms with Gasteiger partial charge in [-0.3, -0.25) is 9.48 Å². The van der Waals surface area contributed by atoms with E-state index in [1.54, 1.807) is 23.0 Å². The van der Waals surface area contributed by atoms with Crippen LogP contribution in [0.5, 0.6) is 5.75 Å². The SMILES string of the molecule is CCn1cc(Cl)c(CNC(=O)c2ccc(COc3cccc4ccccc34)o2)n1. The molecular weight excluding hydrogens is 390 g/mol. The first kappa shape index (κ1) is 19.1. The van der Waals surface area contributed by atoms with E-state index in [1.165, 1.54) is 0 Å². The molecule has 0 saturated heterocycles. The Bertz CT molecular complexity index is 1140. The first-order chi connectivity index (χ1) is 14.1. The molecule has 148 valence electrons. The van der Waals surface area contributed by atoms with E-state index < -0.39 is 0 Å². The molecule has 7 heteroatoms. The van der Waals surface area contributed by atoms with E-state index in [-0.39, 0.29) is 24.8 Å².